The van der Waals surface area contributed by atoms with E-state index in [0.29, 0.717) is 5.69 Å². The van der Waals surface area contributed by atoms with Crippen molar-refractivity contribution in [2.24, 2.45) is 14.1 Å². The van der Waals surface area contributed by atoms with Crippen molar-refractivity contribution in [2.75, 3.05) is 11.1 Å². The summed E-state index contributed by atoms with van der Waals surface area (Å²) in [6, 6.07) is 4.66. The van der Waals surface area contributed by atoms with Crippen LogP contribution in [0.2, 0.25) is 0 Å². The van der Waals surface area contributed by atoms with Gasteiger partial charge in [0.2, 0.25) is 0 Å². The van der Waals surface area contributed by atoms with Crippen LogP contribution in [0.1, 0.15) is 17.3 Å². The van der Waals surface area contributed by atoms with E-state index in [1.54, 1.807) is 6.92 Å². The third-order valence-electron chi connectivity index (χ3n) is 3.58. The molecule has 2 rings (SSSR count). The minimum absolute atomic E-state index is 0.184. The van der Waals surface area contributed by atoms with Crippen LogP contribution in [-0.4, -0.2) is 21.0 Å². The fraction of sp³-hybridized carbons (Fsp3) is 0.267. The molecular formula is C15H17FN4O3. The first kappa shape index (κ1) is 16.5. The molecule has 1 aromatic carbocycles. The Kier molecular flexibility index (Phi) is 4.35. The fourth-order valence-electron chi connectivity index (χ4n) is 2.17. The number of nitrogens with zero attached hydrogens (tertiary/aromatic N) is 2. The van der Waals surface area contributed by atoms with Crippen LogP contribution in [0.3, 0.4) is 0 Å². The summed E-state index contributed by atoms with van der Waals surface area (Å²) in [6.45, 7) is 1.55. The van der Waals surface area contributed by atoms with Crippen LogP contribution in [0.15, 0.2) is 33.9 Å². The Balaban J connectivity index is 2.39. The summed E-state index contributed by atoms with van der Waals surface area (Å²) in [5.74, 6) is -1.13. The molecule has 0 aliphatic rings. The smallest absolute Gasteiger partial charge is 0.332 e. The number of benzene rings is 1. The molecule has 0 saturated heterocycles. The van der Waals surface area contributed by atoms with Crippen LogP contribution >= 0.6 is 0 Å². The fourth-order valence-corrected chi connectivity index (χ4v) is 2.17. The van der Waals surface area contributed by atoms with Gasteiger partial charge in [-0.2, -0.15) is 0 Å². The number of carbonyl (C=O) groups is 1. The van der Waals surface area contributed by atoms with Crippen molar-refractivity contribution in [3.63, 3.8) is 0 Å². The highest BCUT2D eigenvalue weighted by Crippen LogP contribution is 2.13. The van der Waals surface area contributed by atoms with Crippen molar-refractivity contribution in [3.05, 3.63) is 56.5 Å². The van der Waals surface area contributed by atoms with Gasteiger partial charge in [0.05, 0.1) is 6.04 Å². The topological polar surface area (TPSA) is 99.1 Å². The Morgan fingerprint density at radius 3 is 2.30 bits per heavy atom. The second-order valence-corrected chi connectivity index (χ2v) is 5.20. The van der Waals surface area contributed by atoms with Crippen molar-refractivity contribution >= 4 is 17.3 Å². The minimum atomic E-state index is -0.784. The molecule has 0 fully saturated rings. The van der Waals surface area contributed by atoms with Crippen LogP contribution in [0, 0.1) is 5.82 Å². The number of nitrogens with two attached hydrogens (primary N) is 1. The highest BCUT2D eigenvalue weighted by Gasteiger charge is 2.24. The number of anilines is 2. The van der Waals surface area contributed by atoms with Crippen molar-refractivity contribution in [2.45, 2.75) is 13.0 Å². The molecule has 1 atom stereocenters. The molecule has 1 heterocycles. The van der Waals surface area contributed by atoms with Crippen LogP contribution in [-0.2, 0) is 14.1 Å². The zero-order valence-corrected chi connectivity index (χ0v) is 13.0. The number of rotatable bonds is 4. The van der Waals surface area contributed by atoms with E-state index in [9.17, 15) is 18.8 Å². The van der Waals surface area contributed by atoms with Gasteiger partial charge in [-0.1, -0.05) is 0 Å². The lowest BCUT2D eigenvalue weighted by Gasteiger charge is -2.16. The number of aromatic nitrogens is 2. The molecule has 7 nitrogen and oxygen atoms in total. The van der Waals surface area contributed by atoms with E-state index < -0.39 is 28.9 Å². The average Bonchev–Trinajstić information content (AvgIpc) is 2.53. The Hall–Kier alpha value is -2.90. The van der Waals surface area contributed by atoms with Gasteiger partial charge >= 0.3 is 5.69 Å². The number of halogens is 1. The van der Waals surface area contributed by atoms with Gasteiger partial charge in [-0.15, -0.1) is 0 Å². The van der Waals surface area contributed by atoms with E-state index in [-0.39, 0.29) is 11.4 Å². The summed E-state index contributed by atoms with van der Waals surface area (Å²) in [4.78, 5) is 36.5. The van der Waals surface area contributed by atoms with Gasteiger partial charge in [0.25, 0.3) is 5.56 Å². The highest BCUT2D eigenvalue weighted by molar-refractivity contribution is 6.04. The zero-order valence-electron chi connectivity index (χ0n) is 13.0. The number of nitrogens with one attached hydrogen (secondary N) is 1. The van der Waals surface area contributed by atoms with E-state index >= 15 is 0 Å². The number of Topliss-reactive ketones (excluding diaryl/α,β-unsaturated/α-hetero) is 1. The average molecular weight is 320 g/mol. The van der Waals surface area contributed by atoms with Crippen molar-refractivity contribution in [1.82, 2.24) is 9.13 Å². The van der Waals surface area contributed by atoms with Gasteiger partial charge in [-0.25, -0.2) is 9.18 Å². The van der Waals surface area contributed by atoms with Gasteiger partial charge in [0, 0.05) is 19.8 Å². The summed E-state index contributed by atoms with van der Waals surface area (Å²) in [5, 5.41) is 2.87. The van der Waals surface area contributed by atoms with Crippen LogP contribution in [0.4, 0.5) is 15.9 Å². The molecular weight excluding hydrogens is 303 g/mol. The maximum Gasteiger partial charge on any atom is 0.332 e. The Labute approximate surface area is 131 Å². The first-order valence-electron chi connectivity index (χ1n) is 6.85. The molecule has 0 saturated carbocycles. The van der Waals surface area contributed by atoms with E-state index in [1.807, 2.05) is 0 Å². The third kappa shape index (κ3) is 3.01. The van der Waals surface area contributed by atoms with Crippen molar-refractivity contribution in [1.29, 1.82) is 0 Å². The van der Waals surface area contributed by atoms with Crippen molar-refractivity contribution in [3.8, 4) is 0 Å². The number of carbonyl (C=O) groups excluding carboxylic acids is 1. The van der Waals surface area contributed by atoms with E-state index in [4.69, 9.17) is 5.73 Å². The maximum absolute atomic E-state index is 12.9. The van der Waals surface area contributed by atoms with E-state index in [1.165, 1.54) is 38.4 Å². The first-order valence-corrected chi connectivity index (χ1v) is 6.85. The largest absolute Gasteiger partial charge is 0.384 e. The number of nitrogen functional groups attached to an aromatic ring is 1. The lowest BCUT2D eigenvalue weighted by Crippen LogP contribution is -2.43. The number of hydrogen-bond acceptors (Lipinski definition) is 5. The molecule has 23 heavy (non-hydrogen) atoms. The second kappa shape index (κ2) is 6.07. The Morgan fingerprint density at radius 2 is 1.74 bits per heavy atom. The lowest BCUT2D eigenvalue weighted by atomic mass is 10.1. The van der Waals surface area contributed by atoms with Crippen LogP contribution in [0.5, 0.6) is 0 Å². The molecule has 2 aromatic rings. The standard InChI is InChI=1S/C15H17FN4O3/c1-8(18-10-6-4-9(16)5-7-10)12(21)11-13(17)19(2)15(23)20(3)14(11)22/h4-8,18H,17H2,1-3H3/t8-/m0/s1. The molecule has 0 aliphatic heterocycles. The minimum Gasteiger partial charge on any atom is -0.384 e. The van der Waals surface area contributed by atoms with Crippen LogP contribution in [0.25, 0.3) is 0 Å². The van der Waals surface area contributed by atoms with Gasteiger partial charge in [0.1, 0.15) is 17.2 Å². The van der Waals surface area contributed by atoms with E-state index in [2.05, 4.69) is 5.32 Å². The van der Waals surface area contributed by atoms with Gasteiger partial charge < -0.3 is 11.1 Å². The molecule has 0 bridgehead atoms. The summed E-state index contributed by atoms with van der Waals surface area (Å²) < 4.78 is 14.8. The second-order valence-electron chi connectivity index (χ2n) is 5.20. The Bertz CT molecular complexity index is 868. The summed E-state index contributed by atoms with van der Waals surface area (Å²) in [7, 11) is 2.66. The first-order chi connectivity index (χ1) is 10.7. The molecule has 0 radical (unpaired) electrons. The highest BCUT2D eigenvalue weighted by atomic mass is 19.1. The summed E-state index contributed by atoms with van der Waals surface area (Å²) in [5.41, 5.74) is 4.67. The number of ketones is 1. The normalized spacial score (nSPS) is 12.0. The predicted molar refractivity (Wildman–Crippen MR) is 85.2 cm³/mol. The molecule has 0 amide bonds. The van der Waals surface area contributed by atoms with Gasteiger partial charge in [-0.05, 0) is 31.2 Å². The molecule has 3 N–H and O–H groups in total. The number of hydrogen-bond donors (Lipinski definition) is 2. The summed E-state index contributed by atoms with van der Waals surface area (Å²) >= 11 is 0. The molecule has 122 valence electrons. The SMILES string of the molecule is C[C@H](Nc1ccc(F)cc1)C(=O)c1c(N)n(C)c(=O)n(C)c1=O. The monoisotopic (exact) mass is 320 g/mol. The Morgan fingerprint density at radius 1 is 1.17 bits per heavy atom. The zero-order chi connectivity index (χ0) is 17.3. The molecule has 0 unspecified atom stereocenters. The molecule has 0 spiro atoms. The maximum atomic E-state index is 12.9. The van der Waals surface area contributed by atoms with Gasteiger partial charge in [-0.3, -0.25) is 18.7 Å². The van der Waals surface area contributed by atoms with E-state index in [0.717, 1.165) is 9.13 Å². The molecule has 1 aromatic heterocycles. The quantitative estimate of drug-likeness (QED) is 0.799. The lowest BCUT2D eigenvalue weighted by molar-refractivity contribution is 0.0973. The predicted octanol–water partition coefficient (Wildman–Crippen LogP) is 0.489. The summed E-state index contributed by atoms with van der Waals surface area (Å²) in [6.07, 6.45) is 0. The van der Waals surface area contributed by atoms with Gasteiger partial charge in [0.15, 0.2) is 5.78 Å². The third-order valence-corrected chi connectivity index (χ3v) is 3.58. The van der Waals surface area contributed by atoms with Crippen LogP contribution < -0.4 is 22.3 Å². The molecule has 8 heteroatoms. The van der Waals surface area contributed by atoms with Crippen molar-refractivity contribution < 1.29 is 9.18 Å². The molecule has 0 aliphatic carbocycles.